The molecule has 1 amide bonds. The lowest BCUT2D eigenvalue weighted by Crippen LogP contribution is -2.43. The zero-order chi connectivity index (χ0) is 9.94. The van der Waals surface area contributed by atoms with Crippen molar-refractivity contribution in [2.45, 2.75) is 33.7 Å². The van der Waals surface area contributed by atoms with Gasteiger partial charge < -0.3 is 10.6 Å². The highest BCUT2D eigenvalue weighted by molar-refractivity contribution is 5.80. The van der Waals surface area contributed by atoms with Gasteiger partial charge in [-0.2, -0.15) is 0 Å². The Morgan fingerprint density at radius 1 is 1.50 bits per heavy atom. The predicted molar refractivity (Wildman–Crippen MR) is 50.7 cm³/mol. The molecule has 0 radical (unpaired) electrons. The Hall–Kier alpha value is -0.570. The van der Waals surface area contributed by atoms with Crippen molar-refractivity contribution >= 4 is 5.91 Å². The summed E-state index contributed by atoms with van der Waals surface area (Å²) in [6.45, 7) is 8.74. The van der Waals surface area contributed by atoms with Crippen molar-refractivity contribution in [1.29, 1.82) is 0 Å². The summed E-state index contributed by atoms with van der Waals surface area (Å²) < 4.78 is 0. The van der Waals surface area contributed by atoms with Gasteiger partial charge in [0.1, 0.15) is 0 Å². The van der Waals surface area contributed by atoms with Crippen molar-refractivity contribution < 1.29 is 4.79 Å². The molecule has 3 heteroatoms. The molecule has 0 aromatic carbocycles. The first-order valence-electron chi connectivity index (χ1n) is 4.24. The summed E-state index contributed by atoms with van der Waals surface area (Å²) in [5.74, 6) is 0.00456. The highest BCUT2D eigenvalue weighted by Gasteiger charge is 2.19. The van der Waals surface area contributed by atoms with Gasteiger partial charge in [-0.3, -0.25) is 4.79 Å². The van der Waals surface area contributed by atoms with Gasteiger partial charge in [0.2, 0.25) is 5.91 Å². The van der Waals surface area contributed by atoms with Crippen LogP contribution in [0.2, 0.25) is 0 Å². The van der Waals surface area contributed by atoms with Crippen LogP contribution < -0.4 is 5.73 Å². The van der Waals surface area contributed by atoms with E-state index in [-0.39, 0.29) is 11.3 Å². The van der Waals surface area contributed by atoms with E-state index in [9.17, 15) is 4.79 Å². The number of amides is 1. The van der Waals surface area contributed by atoms with Crippen LogP contribution in [0.15, 0.2) is 0 Å². The van der Waals surface area contributed by atoms with E-state index >= 15 is 0 Å². The van der Waals surface area contributed by atoms with Crippen LogP contribution in [-0.4, -0.2) is 30.4 Å². The summed E-state index contributed by atoms with van der Waals surface area (Å²) >= 11 is 0. The van der Waals surface area contributed by atoms with Gasteiger partial charge in [-0.1, -0.05) is 20.8 Å². The van der Waals surface area contributed by atoms with E-state index in [0.717, 1.165) is 6.54 Å². The smallest absolute Gasteiger partial charge is 0.238 e. The summed E-state index contributed by atoms with van der Waals surface area (Å²) in [7, 11) is 1.79. The third-order valence-corrected chi connectivity index (χ3v) is 1.48. The molecule has 0 saturated heterocycles. The van der Waals surface area contributed by atoms with E-state index in [2.05, 4.69) is 20.8 Å². The molecule has 1 atom stereocenters. The summed E-state index contributed by atoms with van der Waals surface area (Å²) in [6.07, 6.45) is 0. The van der Waals surface area contributed by atoms with Gasteiger partial charge in [-0.25, -0.2) is 0 Å². The van der Waals surface area contributed by atoms with Gasteiger partial charge in [-0.15, -0.1) is 0 Å². The Bertz CT molecular complexity index is 158. The van der Waals surface area contributed by atoms with Gasteiger partial charge >= 0.3 is 0 Å². The molecular weight excluding hydrogens is 152 g/mol. The van der Waals surface area contributed by atoms with E-state index in [1.165, 1.54) is 0 Å². The molecule has 12 heavy (non-hydrogen) atoms. The monoisotopic (exact) mass is 172 g/mol. The van der Waals surface area contributed by atoms with E-state index in [0.29, 0.717) is 0 Å². The molecule has 0 aromatic rings. The Labute approximate surface area is 74.9 Å². The Balaban J connectivity index is 4.05. The van der Waals surface area contributed by atoms with Crippen LogP contribution in [0.3, 0.4) is 0 Å². The second kappa shape index (κ2) is 3.90. The Kier molecular flexibility index (Phi) is 3.71. The maximum atomic E-state index is 11.3. The number of likely N-dealkylation sites (N-methyl/N-ethyl adjacent to an activating group) is 1. The molecule has 0 aliphatic carbocycles. The van der Waals surface area contributed by atoms with Crippen LogP contribution in [-0.2, 0) is 4.79 Å². The zero-order valence-corrected chi connectivity index (χ0v) is 8.72. The third kappa shape index (κ3) is 4.34. The van der Waals surface area contributed by atoms with Gasteiger partial charge in [-0.05, 0) is 12.3 Å². The Morgan fingerprint density at radius 2 is 1.92 bits per heavy atom. The standard InChI is InChI=1S/C9H20N2O/c1-7(10)8(12)11(5)6-9(2,3)4/h7H,6,10H2,1-5H3/t7-/m1/s1. The van der Waals surface area contributed by atoms with Crippen LogP contribution in [0.4, 0.5) is 0 Å². The molecule has 3 nitrogen and oxygen atoms in total. The van der Waals surface area contributed by atoms with Crippen molar-refractivity contribution in [3.05, 3.63) is 0 Å². The number of nitrogens with zero attached hydrogens (tertiary/aromatic N) is 1. The molecule has 0 fully saturated rings. The van der Waals surface area contributed by atoms with Crippen LogP contribution in [0.5, 0.6) is 0 Å². The topological polar surface area (TPSA) is 46.3 Å². The van der Waals surface area contributed by atoms with Crippen LogP contribution in [0.25, 0.3) is 0 Å². The fourth-order valence-electron chi connectivity index (χ4n) is 1.14. The van der Waals surface area contributed by atoms with Crippen LogP contribution in [0, 0.1) is 5.41 Å². The SMILES string of the molecule is C[C@@H](N)C(=O)N(C)CC(C)(C)C. The largest absolute Gasteiger partial charge is 0.344 e. The molecule has 72 valence electrons. The number of hydrogen-bond acceptors (Lipinski definition) is 2. The maximum Gasteiger partial charge on any atom is 0.238 e. The fraction of sp³-hybridized carbons (Fsp3) is 0.889. The summed E-state index contributed by atoms with van der Waals surface area (Å²) in [5.41, 5.74) is 5.60. The number of rotatable bonds is 2. The molecule has 0 aliphatic heterocycles. The van der Waals surface area contributed by atoms with Crippen molar-refractivity contribution in [2.24, 2.45) is 11.1 Å². The highest BCUT2D eigenvalue weighted by atomic mass is 16.2. The molecule has 0 unspecified atom stereocenters. The molecule has 0 spiro atoms. The number of hydrogen-bond donors (Lipinski definition) is 1. The first-order chi connectivity index (χ1) is 5.24. The normalized spacial score (nSPS) is 14.2. The van der Waals surface area contributed by atoms with E-state index in [1.54, 1.807) is 18.9 Å². The molecule has 0 aliphatic rings. The van der Waals surface area contributed by atoms with E-state index in [1.807, 2.05) is 0 Å². The van der Waals surface area contributed by atoms with E-state index < -0.39 is 6.04 Å². The lowest BCUT2D eigenvalue weighted by Gasteiger charge is -2.27. The first-order valence-corrected chi connectivity index (χ1v) is 4.24. The van der Waals surface area contributed by atoms with Crippen molar-refractivity contribution in [3.63, 3.8) is 0 Å². The van der Waals surface area contributed by atoms with Crippen molar-refractivity contribution in [1.82, 2.24) is 4.90 Å². The fourth-order valence-corrected chi connectivity index (χ4v) is 1.14. The quantitative estimate of drug-likeness (QED) is 0.671. The minimum absolute atomic E-state index is 0.00456. The zero-order valence-electron chi connectivity index (χ0n) is 8.72. The van der Waals surface area contributed by atoms with Gasteiger partial charge in [0.05, 0.1) is 6.04 Å². The summed E-state index contributed by atoms with van der Waals surface area (Å²) in [6, 6.07) is -0.391. The molecule has 0 bridgehead atoms. The highest BCUT2D eigenvalue weighted by Crippen LogP contribution is 2.14. The second-order valence-electron chi connectivity index (χ2n) is 4.54. The number of nitrogens with two attached hydrogens (primary N) is 1. The molecule has 0 heterocycles. The molecule has 0 rings (SSSR count). The molecule has 0 saturated carbocycles. The average Bonchev–Trinajstić information content (AvgIpc) is 1.82. The van der Waals surface area contributed by atoms with Crippen LogP contribution >= 0.6 is 0 Å². The van der Waals surface area contributed by atoms with Gasteiger partial charge in [0.15, 0.2) is 0 Å². The Morgan fingerprint density at radius 3 is 2.17 bits per heavy atom. The second-order valence-corrected chi connectivity index (χ2v) is 4.54. The van der Waals surface area contributed by atoms with Crippen molar-refractivity contribution in [2.75, 3.05) is 13.6 Å². The lowest BCUT2D eigenvalue weighted by atomic mass is 9.96. The molecule has 2 N–H and O–H groups in total. The first kappa shape index (κ1) is 11.4. The maximum absolute atomic E-state index is 11.3. The number of carbonyl (C=O) groups is 1. The van der Waals surface area contributed by atoms with Crippen LogP contribution in [0.1, 0.15) is 27.7 Å². The van der Waals surface area contributed by atoms with E-state index in [4.69, 9.17) is 5.73 Å². The van der Waals surface area contributed by atoms with Gasteiger partial charge in [0, 0.05) is 13.6 Å². The van der Waals surface area contributed by atoms with Gasteiger partial charge in [0.25, 0.3) is 0 Å². The molecule has 0 aromatic heterocycles. The predicted octanol–water partition coefficient (Wildman–Crippen LogP) is 0.838. The molecular formula is C9H20N2O. The minimum atomic E-state index is -0.391. The van der Waals surface area contributed by atoms with Crippen molar-refractivity contribution in [3.8, 4) is 0 Å². The summed E-state index contributed by atoms with van der Waals surface area (Å²) in [4.78, 5) is 13.0. The number of carbonyl (C=O) groups excluding carboxylic acids is 1. The lowest BCUT2D eigenvalue weighted by molar-refractivity contribution is -0.132. The summed E-state index contributed by atoms with van der Waals surface area (Å²) in [5, 5.41) is 0. The average molecular weight is 172 g/mol. The minimum Gasteiger partial charge on any atom is -0.344 e. The third-order valence-electron chi connectivity index (χ3n) is 1.48.